The molecule has 1 saturated heterocycles. The Labute approximate surface area is 173 Å². The van der Waals surface area contributed by atoms with Crippen LogP contribution in [0, 0.1) is 5.82 Å². The van der Waals surface area contributed by atoms with Gasteiger partial charge in [-0.3, -0.25) is 9.69 Å². The molecule has 150 valence electrons. The van der Waals surface area contributed by atoms with Gasteiger partial charge in [0.15, 0.2) is 0 Å². The molecule has 0 aliphatic carbocycles. The molecule has 2 heterocycles. The van der Waals surface area contributed by atoms with Gasteiger partial charge in [0.1, 0.15) is 21.5 Å². The second-order valence-electron chi connectivity index (χ2n) is 6.93. The van der Waals surface area contributed by atoms with E-state index in [1.54, 1.807) is 31.5 Å². The number of ether oxygens (including phenoxy) is 1. The molecule has 1 amide bonds. The zero-order valence-corrected chi connectivity index (χ0v) is 17.0. The summed E-state index contributed by atoms with van der Waals surface area (Å²) in [5.74, 6) is 0.491. The van der Waals surface area contributed by atoms with Gasteiger partial charge in [-0.2, -0.15) is 0 Å². The third kappa shape index (κ3) is 4.46. The van der Waals surface area contributed by atoms with Crippen LogP contribution in [0.2, 0.25) is 0 Å². The summed E-state index contributed by atoms with van der Waals surface area (Å²) < 4.78 is 19.2. The molecule has 0 spiro atoms. The number of amides is 1. The van der Waals surface area contributed by atoms with E-state index in [9.17, 15) is 9.18 Å². The maximum Gasteiger partial charge on any atom is 0.265 e. The fourth-order valence-corrected chi connectivity index (χ4v) is 4.30. The summed E-state index contributed by atoms with van der Waals surface area (Å²) >= 11 is 1.24. The maximum atomic E-state index is 14.0. The molecule has 0 unspecified atom stereocenters. The van der Waals surface area contributed by atoms with Crippen molar-refractivity contribution in [3.8, 4) is 16.3 Å². The van der Waals surface area contributed by atoms with Gasteiger partial charge in [0.2, 0.25) is 0 Å². The Hall–Kier alpha value is -2.77. The Morgan fingerprint density at radius 2 is 1.83 bits per heavy atom. The highest BCUT2D eigenvalue weighted by Crippen LogP contribution is 2.28. The SMILES string of the molecule is COc1ccc(CN2CCN(C(=O)c3cnc(-c4ccccc4F)s3)CC2)cc1. The van der Waals surface area contributed by atoms with Gasteiger partial charge in [-0.15, -0.1) is 11.3 Å². The molecule has 4 rings (SSSR count). The Balaban J connectivity index is 1.35. The number of thiazole rings is 1. The van der Waals surface area contributed by atoms with E-state index < -0.39 is 0 Å². The monoisotopic (exact) mass is 411 g/mol. The van der Waals surface area contributed by atoms with Crippen molar-refractivity contribution in [1.29, 1.82) is 0 Å². The molecule has 1 fully saturated rings. The standard InChI is InChI=1S/C22H22FN3O2S/c1-28-17-8-6-16(7-9-17)15-25-10-12-26(13-11-25)22(27)20-14-24-21(29-20)18-4-2-3-5-19(18)23/h2-9,14H,10-13,15H2,1H3. The lowest BCUT2D eigenvalue weighted by Crippen LogP contribution is -2.48. The molecule has 2 aromatic carbocycles. The van der Waals surface area contributed by atoms with E-state index in [2.05, 4.69) is 22.0 Å². The Morgan fingerprint density at radius 3 is 2.52 bits per heavy atom. The number of hydrogen-bond acceptors (Lipinski definition) is 5. The molecular formula is C22H22FN3O2S. The molecular weight excluding hydrogens is 389 g/mol. The lowest BCUT2D eigenvalue weighted by atomic mass is 10.2. The van der Waals surface area contributed by atoms with E-state index >= 15 is 0 Å². The molecule has 29 heavy (non-hydrogen) atoms. The minimum absolute atomic E-state index is 0.0332. The van der Waals surface area contributed by atoms with Crippen LogP contribution < -0.4 is 4.74 Å². The lowest BCUT2D eigenvalue weighted by molar-refractivity contribution is 0.0633. The zero-order chi connectivity index (χ0) is 20.2. The average Bonchev–Trinajstić information content (AvgIpc) is 3.25. The summed E-state index contributed by atoms with van der Waals surface area (Å²) in [7, 11) is 1.66. The van der Waals surface area contributed by atoms with Crippen molar-refractivity contribution in [2.45, 2.75) is 6.54 Å². The van der Waals surface area contributed by atoms with E-state index in [4.69, 9.17) is 4.74 Å². The molecule has 7 heteroatoms. The number of hydrogen-bond donors (Lipinski definition) is 0. The largest absolute Gasteiger partial charge is 0.497 e. The maximum absolute atomic E-state index is 14.0. The van der Waals surface area contributed by atoms with Crippen LogP contribution in [0.5, 0.6) is 5.75 Å². The predicted octanol–water partition coefficient (Wildman–Crippen LogP) is 3.92. The smallest absolute Gasteiger partial charge is 0.265 e. The van der Waals surface area contributed by atoms with Crippen LogP contribution in [0.4, 0.5) is 4.39 Å². The van der Waals surface area contributed by atoms with Crippen LogP contribution in [-0.4, -0.2) is 54.0 Å². The van der Waals surface area contributed by atoms with Crippen LogP contribution in [0.25, 0.3) is 10.6 Å². The van der Waals surface area contributed by atoms with Gasteiger partial charge >= 0.3 is 0 Å². The van der Waals surface area contributed by atoms with Crippen LogP contribution in [0.15, 0.2) is 54.7 Å². The van der Waals surface area contributed by atoms with Crippen molar-refractivity contribution in [3.63, 3.8) is 0 Å². The summed E-state index contributed by atoms with van der Waals surface area (Å²) in [6.45, 7) is 3.82. The van der Waals surface area contributed by atoms with E-state index in [-0.39, 0.29) is 11.7 Å². The summed E-state index contributed by atoms with van der Waals surface area (Å²) in [6, 6.07) is 14.6. The third-order valence-corrected chi connectivity index (χ3v) is 6.06. The molecule has 1 aromatic heterocycles. The van der Waals surface area contributed by atoms with E-state index in [0.29, 0.717) is 28.5 Å². The number of rotatable bonds is 5. The van der Waals surface area contributed by atoms with Gasteiger partial charge in [0, 0.05) is 38.3 Å². The molecule has 5 nitrogen and oxygen atoms in total. The first kappa shape index (κ1) is 19.5. The third-order valence-electron chi connectivity index (χ3n) is 5.05. The van der Waals surface area contributed by atoms with Gasteiger partial charge in [0.25, 0.3) is 5.91 Å². The van der Waals surface area contributed by atoms with E-state index in [1.165, 1.54) is 23.0 Å². The Morgan fingerprint density at radius 1 is 1.10 bits per heavy atom. The minimum Gasteiger partial charge on any atom is -0.497 e. The molecule has 1 aliphatic rings. The van der Waals surface area contributed by atoms with Crippen molar-refractivity contribution >= 4 is 17.2 Å². The summed E-state index contributed by atoms with van der Waals surface area (Å²) in [4.78, 5) is 21.8. The van der Waals surface area contributed by atoms with Crippen LogP contribution in [0.1, 0.15) is 15.2 Å². The van der Waals surface area contributed by atoms with Crippen molar-refractivity contribution in [2.75, 3.05) is 33.3 Å². The minimum atomic E-state index is -0.326. The number of piperazine rings is 1. The van der Waals surface area contributed by atoms with Crippen molar-refractivity contribution in [2.24, 2.45) is 0 Å². The number of carbonyl (C=O) groups excluding carboxylic acids is 1. The average molecular weight is 412 g/mol. The highest BCUT2D eigenvalue weighted by atomic mass is 32.1. The lowest BCUT2D eigenvalue weighted by Gasteiger charge is -2.34. The molecule has 0 atom stereocenters. The van der Waals surface area contributed by atoms with Crippen molar-refractivity contribution < 1.29 is 13.9 Å². The normalized spacial score (nSPS) is 14.8. The first-order chi connectivity index (χ1) is 14.1. The predicted molar refractivity (Wildman–Crippen MR) is 112 cm³/mol. The topological polar surface area (TPSA) is 45.7 Å². The van der Waals surface area contributed by atoms with Crippen LogP contribution >= 0.6 is 11.3 Å². The van der Waals surface area contributed by atoms with E-state index in [1.807, 2.05) is 17.0 Å². The molecule has 0 N–H and O–H groups in total. The Kier molecular flexibility index (Phi) is 5.87. The fraction of sp³-hybridized carbons (Fsp3) is 0.273. The molecule has 0 saturated carbocycles. The van der Waals surface area contributed by atoms with Gasteiger partial charge in [-0.25, -0.2) is 9.37 Å². The molecule has 1 aliphatic heterocycles. The molecule has 0 radical (unpaired) electrons. The quantitative estimate of drug-likeness (QED) is 0.639. The summed E-state index contributed by atoms with van der Waals surface area (Å²) in [5, 5.41) is 0.532. The molecule has 3 aromatic rings. The number of carbonyl (C=O) groups is 1. The molecule has 0 bridgehead atoms. The summed E-state index contributed by atoms with van der Waals surface area (Å²) in [5.41, 5.74) is 1.66. The first-order valence-electron chi connectivity index (χ1n) is 9.49. The fourth-order valence-electron chi connectivity index (χ4n) is 3.39. The number of methoxy groups -OCH3 is 1. The van der Waals surface area contributed by atoms with Gasteiger partial charge in [-0.1, -0.05) is 24.3 Å². The van der Waals surface area contributed by atoms with Gasteiger partial charge in [0.05, 0.1) is 13.3 Å². The number of halogens is 1. The highest BCUT2D eigenvalue weighted by Gasteiger charge is 2.24. The summed E-state index contributed by atoms with van der Waals surface area (Å²) in [6.07, 6.45) is 1.55. The zero-order valence-electron chi connectivity index (χ0n) is 16.2. The van der Waals surface area contributed by atoms with Gasteiger partial charge in [-0.05, 0) is 29.8 Å². The second-order valence-corrected chi connectivity index (χ2v) is 7.96. The highest BCUT2D eigenvalue weighted by molar-refractivity contribution is 7.16. The second kappa shape index (κ2) is 8.71. The Bertz CT molecular complexity index is 982. The van der Waals surface area contributed by atoms with Crippen molar-refractivity contribution in [3.05, 3.63) is 71.0 Å². The first-order valence-corrected chi connectivity index (χ1v) is 10.3. The van der Waals surface area contributed by atoms with Gasteiger partial charge < -0.3 is 9.64 Å². The van der Waals surface area contributed by atoms with E-state index in [0.717, 1.165) is 25.4 Å². The van der Waals surface area contributed by atoms with Crippen LogP contribution in [0.3, 0.4) is 0 Å². The number of nitrogens with zero attached hydrogens (tertiary/aromatic N) is 3. The number of aromatic nitrogens is 1. The van der Waals surface area contributed by atoms with Crippen molar-refractivity contribution in [1.82, 2.24) is 14.8 Å². The number of benzene rings is 2. The van der Waals surface area contributed by atoms with Crippen LogP contribution in [-0.2, 0) is 6.54 Å².